The van der Waals surface area contributed by atoms with E-state index in [9.17, 15) is 0 Å². The molecule has 1 atom stereocenters. The van der Waals surface area contributed by atoms with Gasteiger partial charge in [0.2, 0.25) is 0 Å². The van der Waals surface area contributed by atoms with Crippen LogP contribution in [0.3, 0.4) is 0 Å². The van der Waals surface area contributed by atoms with Crippen LogP contribution in [0.5, 0.6) is 0 Å². The molecular weight excluding hydrogens is 317 g/mol. The van der Waals surface area contributed by atoms with Crippen LogP contribution in [-0.2, 0) is 19.4 Å². The zero-order chi connectivity index (χ0) is 15.7. The monoisotopic (exact) mass is 335 g/mol. The minimum atomic E-state index is 0.340. The van der Waals surface area contributed by atoms with Gasteiger partial charge in [0.25, 0.3) is 0 Å². The molecule has 0 saturated carbocycles. The van der Waals surface area contributed by atoms with Gasteiger partial charge < -0.3 is 10.2 Å². The van der Waals surface area contributed by atoms with Crippen LogP contribution < -0.4 is 5.32 Å². The third-order valence-corrected chi connectivity index (χ3v) is 4.40. The summed E-state index contributed by atoms with van der Waals surface area (Å²) in [7, 11) is 4.08. The van der Waals surface area contributed by atoms with Crippen molar-refractivity contribution in [3.63, 3.8) is 0 Å². The van der Waals surface area contributed by atoms with Crippen molar-refractivity contribution in [1.29, 1.82) is 0 Å². The molecule has 5 heteroatoms. The number of hydrogen-bond donors (Lipinski definition) is 1. The van der Waals surface area contributed by atoms with E-state index >= 15 is 0 Å². The SMILES string of the molecule is CN(C)Cc1ccc(NC2Cc3cc(Cl)cc(Cl)c3C2)cn1. The van der Waals surface area contributed by atoms with Crippen molar-refractivity contribution in [3.8, 4) is 0 Å². The van der Waals surface area contributed by atoms with Gasteiger partial charge in [-0.2, -0.15) is 0 Å². The first kappa shape index (κ1) is 15.6. The number of aromatic nitrogens is 1. The molecule has 22 heavy (non-hydrogen) atoms. The fraction of sp³-hybridized carbons (Fsp3) is 0.353. The molecule has 0 aliphatic heterocycles. The number of anilines is 1. The van der Waals surface area contributed by atoms with Crippen molar-refractivity contribution in [2.45, 2.75) is 25.4 Å². The van der Waals surface area contributed by atoms with Crippen LogP contribution in [0.1, 0.15) is 16.8 Å². The first-order valence-electron chi connectivity index (χ1n) is 7.34. The van der Waals surface area contributed by atoms with Gasteiger partial charge in [-0.15, -0.1) is 0 Å². The first-order chi connectivity index (χ1) is 10.5. The van der Waals surface area contributed by atoms with E-state index in [2.05, 4.69) is 27.3 Å². The van der Waals surface area contributed by atoms with Crippen LogP contribution in [0.4, 0.5) is 5.69 Å². The second kappa shape index (κ2) is 6.45. The van der Waals surface area contributed by atoms with Gasteiger partial charge in [0.1, 0.15) is 0 Å². The highest BCUT2D eigenvalue weighted by Crippen LogP contribution is 2.33. The van der Waals surface area contributed by atoms with E-state index in [1.807, 2.05) is 32.4 Å². The minimum absolute atomic E-state index is 0.340. The Balaban J connectivity index is 1.67. The normalized spacial score (nSPS) is 16.9. The largest absolute Gasteiger partial charge is 0.380 e. The number of rotatable bonds is 4. The lowest BCUT2D eigenvalue weighted by Gasteiger charge is -2.14. The molecule has 1 heterocycles. The highest BCUT2D eigenvalue weighted by atomic mass is 35.5. The quantitative estimate of drug-likeness (QED) is 0.914. The third kappa shape index (κ3) is 3.54. The number of nitrogens with one attached hydrogen (secondary N) is 1. The lowest BCUT2D eigenvalue weighted by Crippen LogP contribution is -2.19. The summed E-state index contributed by atoms with van der Waals surface area (Å²) in [6.07, 6.45) is 3.76. The van der Waals surface area contributed by atoms with Gasteiger partial charge in [0.05, 0.1) is 17.6 Å². The highest BCUT2D eigenvalue weighted by Gasteiger charge is 2.24. The van der Waals surface area contributed by atoms with Crippen molar-refractivity contribution in [3.05, 3.63) is 57.3 Å². The number of hydrogen-bond acceptors (Lipinski definition) is 3. The Bertz CT molecular complexity index is 668. The average molecular weight is 336 g/mol. The summed E-state index contributed by atoms with van der Waals surface area (Å²) in [6.45, 7) is 0.850. The molecule has 3 rings (SSSR count). The van der Waals surface area contributed by atoms with Crippen molar-refractivity contribution >= 4 is 28.9 Å². The molecule has 0 fully saturated rings. The summed E-state index contributed by atoms with van der Waals surface area (Å²) < 4.78 is 0. The number of fused-ring (bicyclic) bond motifs is 1. The molecule has 0 saturated heterocycles. The second-order valence-corrected chi connectivity index (χ2v) is 6.89. The summed E-state index contributed by atoms with van der Waals surface area (Å²) in [4.78, 5) is 6.60. The average Bonchev–Trinajstić information content (AvgIpc) is 2.83. The van der Waals surface area contributed by atoms with Crippen LogP contribution in [0.15, 0.2) is 30.5 Å². The molecule has 0 spiro atoms. The number of pyridine rings is 1. The fourth-order valence-electron chi connectivity index (χ4n) is 2.92. The van der Waals surface area contributed by atoms with Gasteiger partial charge in [0, 0.05) is 22.6 Å². The van der Waals surface area contributed by atoms with E-state index in [-0.39, 0.29) is 0 Å². The van der Waals surface area contributed by atoms with E-state index in [1.54, 1.807) is 0 Å². The maximum absolute atomic E-state index is 6.28. The number of halogens is 2. The number of benzene rings is 1. The molecule has 1 aromatic carbocycles. The Morgan fingerprint density at radius 3 is 2.73 bits per heavy atom. The maximum Gasteiger partial charge on any atom is 0.0545 e. The molecular formula is C17H19Cl2N3. The third-order valence-electron chi connectivity index (χ3n) is 3.84. The van der Waals surface area contributed by atoms with Crippen LogP contribution >= 0.6 is 23.2 Å². The van der Waals surface area contributed by atoms with Gasteiger partial charge >= 0.3 is 0 Å². The highest BCUT2D eigenvalue weighted by molar-refractivity contribution is 6.35. The molecule has 116 valence electrons. The summed E-state index contributed by atoms with van der Waals surface area (Å²) in [6, 6.07) is 8.33. The Hall–Kier alpha value is -1.29. The first-order valence-corrected chi connectivity index (χ1v) is 8.10. The van der Waals surface area contributed by atoms with E-state index in [0.717, 1.165) is 35.8 Å². The fourth-order valence-corrected chi connectivity index (χ4v) is 3.53. The Morgan fingerprint density at radius 1 is 1.23 bits per heavy atom. The van der Waals surface area contributed by atoms with Crippen LogP contribution in [-0.4, -0.2) is 30.0 Å². The van der Waals surface area contributed by atoms with Gasteiger partial charge in [-0.3, -0.25) is 4.98 Å². The molecule has 2 aromatic rings. The second-order valence-electron chi connectivity index (χ2n) is 6.05. The molecule has 0 radical (unpaired) electrons. The van der Waals surface area contributed by atoms with E-state index in [1.165, 1.54) is 11.1 Å². The van der Waals surface area contributed by atoms with Crippen molar-refractivity contribution in [2.75, 3.05) is 19.4 Å². The zero-order valence-corrected chi connectivity index (χ0v) is 14.2. The smallest absolute Gasteiger partial charge is 0.0545 e. The van der Waals surface area contributed by atoms with E-state index in [0.29, 0.717) is 11.1 Å². The molecule has 1 aliphatic rings. The van der Waals surface area contributed by atoms with Gasteiger partial charge in [0.15, 0.2) is 0 Å². The standard InChI is InChI=1S/C17H19Cl2N3/c1-22(2)10-14-4-3-13(9-20-14)21-15-6-11-5-12(18)7-17(19)16(11)8-15/h3-5,7,9,15,21H,6,8,10H2,1-2H3. The molecule has 1 unspecified atom stereocenters. The Labute approximate surface area is 141 Å². The van der Waals surface area contributed by atoms with Crippen molar-refractivity contribution in [1.82, 2.24) is 9.88 Å². The molecule has 1 aromatic heterocycles. The Morgan fingerprint density at radius 2 is 2.05 bits per heavy atom. The predicted octanol–water partition coefficient (Wildman–Crippen LogP) is 4.03. The minimum Gasteiger partial charge on any atom is -0.380 e. The predicted molar refractivity (Wildman–Crippen MR) is 92.9 cm³/mol. The zero-order valence-electron chi connectivity index (χ0n) is 12.7. The summed E-state index contributed by atoms with van der Waals surface area (Å²) in [5.41, 5.74) is 4.57. The molecule has 3 nitrogen and oxygen atoms in total. The van der Waals surface area contributed by atoms with Gasteiger partial charge in [-0.25, -0.2) is 0 Å². The molecule has 0 bridgehead atoms. The molecule has 1 N–H and O–H groups in total. The van der Waals surface area contributed by atoms with E-state index in [4.69, 9.17) is 23.2 Å². The van der Waals surface area contributed by atoms with Crippen LogP contribution in [0.25, 0.3) is 0 Å². The topological polar surface area (TPSA) is 28.2 Å². The van der Waals surface area contributed by atoms with E-state index < -0.39 is 0 Å². The lowest BCUT2D eigenvalue weighted by molar-refractivity contribution is 0.397. The number of nitrogens with zero attached hydrogens (tertiary/aromatic N) is 2. The maximum atomic E-state index is 6.28. The van der Waals surface area contributed by atoms with Crippen LogP contribution in [0, 0.1) is 0 Å². The summed E-state index contributed by atoms with van der Waals surface area (Å²) in [5, 5.41) is 5.01. The van der Waals surface area contributed by atoms with Crippen molar-refractivity contribution < 1.29 is 0 Å². The summed E-state index contributed by atoms with van der Waals surface area (Å²) >= 11 is 12.4. The lowest BCUT2D eigenvalue weighted by atomic mass is 10.1. The van der Waals surface area contributed by atoms with Gasteiger partial charge in [-0.05, 0) is 62.3 Å². The molecule has 0 amide bonds. The van der Waals surface area contributed by atoms with Gasteiger partial charge in [-0.1, -0.05) is 23.2 Å². The summed E-state index contributed by atoms with van der Waals surface area (Å²) in [5.74, 6) is 0. The van der Waals surface area contributed by atoms with Crippen LogP contribution in [0.2, 0.25) is 10.0 Å². The van der Waals surface area contributed by atoms with Crippen molar-refractivity contribution in [2.24, 2.45) is 0 Å². The Kier molecular flexibility index (Phi) is 4.57. The molecule has 1 aliphatic carbocycles.